The highest BCUT2D eigenvalue weighted by Gasteiger charge is 2.32. The van der Waals surface area contributed by atoms with E-state index in [2.05, 4.69) is 28.1 Å². The molecule has 1 aromatic carbocycles. The molecule has 0 radical (unpaired) electrons. The van der Waals surface area contributed by atoms with E-state index in [-0.39, 0.29) is 24.4 Å². The van der Waals surface area contributed by atoms with Crippen LogP contribution in [0.25, 0.3) is 0 Å². The summed E-state index contributed by atoms with van der Waals surface area (Å²) in [7, 11) is 0. The van der Waals surface area contributed by atoms with Crippen LogP contribution in [0.4, 0.5) is 4.79 Å². The third-order valence-electron chi connectivity index (χ3n) is 4.56. The first-order valence-electron chi connectivity index (χ1n) is 8.26. The molecule has 0 bridgehead atoms. The summed E-state index contributed by atoms with van der Waals surface area (Å²) in [6.07, 6.45) is 0.554. The van der Waals surface area contributed by atoms with Crippen molar-refractivity contribution in [2.75, 3.05) is 19.0 Å². The third-order valence-corrected chi connectivity index (χ3v) is 5.28. The van der Waals surface area contributed by atoms with E-state index in [0.29, 0.717) is 6.54 Å². The second kappa shape index (κ2) is 7.96. The number of halogens is 2. The maximum absolute atomic E-state index is 12.4. The lowest BCUT2D eigenvalue weighted by atomic mass is 10.1. The van der Waals surface area contributed by atoms with Gasteiger partial charge >= 0.3 is 6.09 Å². The van der Waals surface area contributed by atoms with Crippen molar-refractivity contribution in [2.45, 2.75) is 45.2 Å². The summed E-state index contributed by atoms with van der Waals surface area (Å²) in [4.78, 5) is 27.0. The molecule has 1 aromatic rings. The van der Waals surface area contributed by atoms with E-state index in [4.69, 9.17) is 11.6 Å². The summed E-state index contributed by atoms with van der Waals surface area (Å²) in [5.74, 6) is -0.253. The van der Waals surface area contributed by atoms with Gasteiger partial charge in [-0.25, -0.2) is 4.79 Å². The highest BCUT2D eigenvalue weighted by molar-refractivity contribution is 9.10. The SMILES string of the molecule is CC(C)(C)N(CCN(C(=O)CCl)C1Cc2ccc(Br)cc2C1)C(=O)O. The van der Waals surface area contributed by atoms with Gasteiger partial charge in [0.1, 0.15) is 5.88 Å². The number of rotatable bonds is 5. The zero-order valence-electron chi connectivity index (χ0n) is 14.8. The molecule has 0 spiro atoms. The summed E-state index contributed by atoms with van der Waals surface area (Å²) in [5, 5.41) is 9.45. The van der Waals surface area contributed by atoms with Crippen LogP contribution in [0.2, 0.25) is 0 Å². The Morgan fingerprint density at radius 3 is 2.44 bits per heavy atom. The van der Waals surface area contributed by atoms with Crippen LogP contribution >= 0.6 is 27.5 Å². The second-order valence-corrected chi connectivity index (χ2v) is 8.48. The van der Waals surface area contributed by atoms with Crippen LogP contribution in [0.5, 0.6) is 0 Å². The molecule has 25 heavy (non-hydrogen) atoms. The van der Waals surface area contributed by atoms with Gasteiger partial charge in [-0.3, -0.25) is 4.79 Å². The minimum absolute atomic E-state index is 0.0196. The monoisotopic (exact) mass is 430 g/mol. The zero-order valence-corrected chi connectivity index (χ0v) is 17.1. The predicted octanol–water partition coefficient (Wildman–Crippen LogP) is 3.76. The smallest absolute Gasteiger partial charge is 0.407 e. The molecule has 0 aliphatic heterocycles. The second-order valence-electron chi connectivity index (χ2n) is 7.30. The molecule has 0 fully saturated rings. The van der Waals surface area contributed by atoms with Crippen LogP contribution in [0.3, 0.4) is 0 Å². The summed E-state index contributed by atoms with van der Waals surface area (Å²) in [5.41, 5.74) is 1.93. The normalized spacial score (nSPS) is 16.4. The van der Waals surface area contributed by atoms with Gasteiger partial charge in [0.15, 0.2) is 0 Å². The zero-order chi connectivity index (χ0) is 18.8. The van der Waals surface area contributed by atoms with Gasteiger partial charge in [0.2, 0.25) is 5.91 Å². The number of carbonyl (C=O) groups is 2. The number of amides is 2. The Morgan fingerprint density at radius 1 is 1.24 bits per heavy atom. The lowest BCUT2D eigenvalue weighted by molar-refractivity contribution is -0.131. The number of carbonyl (C=O) groups excluding carboxylic acids is 1. The van der Waals surface area contributed by atoms with Gasteiger partial charge in [-0.2, -0.15) is 0 Å². The van der Waals surface area contributed by atoms with Crippen LogP contribution < -0.4 is 0 Å². The topological polar surface area (TPSA) is 60.9 Å². The Morgan fingerprint density at radius 2 is 1.88 bits per heavy atom. The molecule has 0 aromatic heterocycles. The fourth-order valence-electron chi connectivity index (χ4n) is 3.30. The van der Waals surface area contributed by atoms with Crippen molar-refractivity contribution in [1.29, 1.82) is 0 Å². The Balaban J connectivity index is 2.13. The molecule has 1 atom stereocenters. The Kier molecular flexibility index (Phi) is 6.38. The Hall–Kier alpha value is -1.27. The van der Waals surface area contributed by atoms with E-state index < -0.39 is 11.6 Å². The third kappa shape index (κ3) is 4.88. The van der Waals surface area contributed by atoms with E-state index in [1.165, 1.54) is 16.0 Å². The van der Waals surface area contributed by atoms with Crippen molar-refractivity contribution in [2.24, 2.45) is 0 Å². The number of benzene rings is 1. The molecule has 2 rings (SSSR count). The Bertz CT molecular complexity index is 660. The van der Waals surface area contributed by atoms with E-state index in [9.17, 15) is 14.7 Å². The summed E-state index contributed by atoms with van der Waals surface area (Å²) in [6, 6.07) is 6.17. The molecule has 0 saturated carbocycles. The van der Waals surface area contributed by atoms with Crippen LogP contribution in [0.15, 0.2) is 22.7 Å². The van der Waals surface area contributed by atoms with E-state index in [1.807, 2.05) is 26.8 Å². The number of alkyl halides is 1. The van der Waals surface area contributed by atoms with Gasteiger partial charge in [-0.15, -0.1) is 11.6 Å². The van der Waals surface area contributed by atoms with Crippen LogP contribution in [-0.2, 0) is 17.6 Å². The van der Waals surface area contributed by atoms with Crippen LogP contribution in [0, 0.1) is 0 Å². The van der Waals surface area contributed by atoms with Crippen LogP contribution in [-0.4, -0.2) is 57.5 Å². The molecule has 1 aliphatic rings. The van der Waals surface area contributed by atoms with Crippen molar-refractivity contribution in [1.82, 2.24) is 9.80 Å². The van der Waals surface area contributed by atoms with Gasteiger partial charge in [-0.05, 0) is 56.9 Å². The molecule has 1 unspecified atom stereocenters. The van der Waals surface area contributed by atoms with E-state index >= 15 is 0 Å². The molecule has 0 heterocycles. The largest absolute Gasteiger partial charge is 0.465 e. The lowest BCUT2D eigenvalue weighted by Gasteiger charge is -2.36. The molecule has 138 valence electrons. The minimum atomic E-state index is -0.982. The molecule has 2 amide bonds. The maximum atomic E-state index is 12.4. The summed E-state index contributed by atoms with van der Waals surface area (Å²) >= 11 is 9.28. The predicted molar refractivity (Wildman–Crippen MR) is 102 cm³/mol. The average molecular weight is 432 g/mol. The van der Waals surface area contributed by atoms with Crippen LogP contribution in [0.1, 0.15) is 31.9 Å². The standard InChI is InChI=1S/C18H24BrClN2O3/c1-18(2,3)22(17(24)25)7-6-21(16(23)11-20)15-9-12-4-5-14(19)8-13(12)10-15/h4-5,8,15H,6-7,9-11H2,1-3H3,(H,24,25). The molecule has 0 saturated heterocycles. The van der Waals surface area contributed by atoms with Gasteiger partial charge in [0.05, 0.1) is 0 Å². The van der Waals surface area contributed by atoms with Crippen molar-refractivity contribution in [3.05, 3.63) is 33.8 Å². The number of carboxylic acid groups (broad SMARTS) is 1. The highest BCUT2D eigenvalue weighted by Crippen LogP contribution is 2.28. The first-order chi connectivity index (χ1) is 11.6. The number of hydrogen-bond donors (Lipinski definition) is 1. The van der Waals surface area contributed by atoms with Gasteiger partial charge < -0.3 is 14.9 Å². The maximum Gasteiger partial charge on any atom is 0.407 e. The van der Waals surface area contributed by atoms with Gasteiger partial charge in [0, 0.05) is 29.1 Å². The summed E-state index contributed by atoms with van der Waals surface area (Å²) in [6.45, 7) is 6.14. The van der Waals surface area contributed by atoms with Crippen molar-refractivity contribution >= 4 is 39.5 Å². The van der Waals surface area contributed by atoms with E-state index in [1.54, 1.807) is 4.90 Å². The quantitative estimate of drug-likeness (QED) is 0.722. The van der Waals surface area contributed by atoms with Crippen molar-refractivity contribution < 1.29 is 14.7 Å². The molecule has 5 nitrogen and oxygen atoms in total. The van der Waals surface area contributed by atoms with E-state index in [0.717, 1.165) is 17.3 Å². The molecule has 1 N–H and O–H groups in total. The highest BCUT2D eigenvalue weighted by atomic mass is 79.9. The fraction of sp³-hybridized carbons (Fsp3) is 0.556. The number of hydrogen-bond acceptors (Lipinski definition) is 2. The van der Waals surface area contributed by atoms with Crippen molar-refractivity contribution in [3.63, 3.8) is 0 Å². The molecule has 7 heteroatoms. The first kappa shape index (κ1) is 20.0. The number of fused-ring (bicyclic) bond motifs is 1. The average Bonchev–Trinajstić information content (AvgIpc) is 2.91. The van der Waals surface area contributed by atoms with Crippen molar-refractivity contribution in [3.8, 4) is 0 Å². The minimum Gasteiger partial charge on any atom is -0.465 e. The lowest BCUT2D eigenvalue weighted by Crippen LogP contribution is -2.51. The Labute approximate surface area is 162 Å². The fourth-order valence-corrected chi connectivity index (χ4v) is 3.86. The molecular formula is C18H24BrClN2O3. The van der Waals surface area contributed by atoms with Gasteiger partial charge in [-0.1, -0.05) is 22.0 Å². The first-order valence-corrected chi connectivity index (χ1v) is 9.59. The summed E-state index contributed by atoms with van der Waals surface area (Å²) < 4.78 is 1.02. The van der Waals surface area contributed by atoms with Gasteiger partial charge in [0.25, 0.3) is 0 Å². The number of nitrogens with zero attached hydrogens (tertiary/aromatic N) is 2. The molecule has 1 aliphatic carbocycles. The molecular weight excluding hydrogens is 408 g/mol.